The van der Waals surface area contributed by atoms with Crippen molar-refractivity contribution in [1.29, 1.82) is 0 Å². The molecular weight excluding hydrogens is 478 g/mol. The quantitative estimate of drug-likeness (QED) is 0.467. The Bertz CT molecular complexity index is 1350. The van der Waals surface area contributed by atoms with Gasteiger partial charge in [0.15, 0.2) is 16.3 Å². The van der Waals surface area contributed by atoms with Crippen molar-refractivity contribution in [2.75, 3.05) is 41.0 Å². The predicted octanol–water partition coefficient (Wildman–Crippen LogP) is 2.89. The molecular formula is C23H27N3O6S2. The molecule has 1 amide bonds. The summed E-state index contributed by atoms with van der Waals surface area (Å²) in [6.07, 6.45) is 1.73. The van der Waals surface area contributed by atoms with Gasteiger partial charge in [0, 0.05) is 44.4 Å². The van der Waals surface area contributed by atoms with Gasteiger partial charge >= 0.3 is 0 Å². The van der Waals surface area contributed by atoms with Crippen LogP contribution in [0.3, 0.4) is 0 Å². The SMILES string of the molecule is COCCn1c(=NC(=O)c2ccc(S(=O)(=O)N3CCCC3)cc2)sc2cc(OC)c(OC)cc21. The maximum atomic E-state index is 13.0. The Kier molecular flexibility index (Phi) is 7.36. The van der Waals surface area contributed by atoms with E-state index >= 15 is 0 Å². The number of methoxy groups -OCH3 is 3. The van der Waals surface area contributed by atoms with Crippen LogP contribution < -0.4 is 14.3 Å². The van der Waals surface area contributed by atoms with Gasteiger partial charge in [-0.05, 0) is 37.1 Å². The van der Waals surface area contributed by atoms with E-state index in [1.54, 1.807) is 21.3 Å². The monoisotopic (exact) mass is 505 g/mol. The lowest BCUT2D eigenvalue weighted by Gasteiger charge is -2.15. The van der Waals surface area contributed by atoms with E-state index in [0.717, 1.165) is 23.1 Å². The van der Waals surface area contributed by atoms with Gasteiger partial charge in [-0.2, -0.15) is 9.30 Å². The molecule has 0 unspecified atom stereocenters. The number of rotatable bonds is 8. The van der Waals surface area contributed by atoms with E-state index in [9.17, 15) is 13.2 Å². The Labute approximate surface area is 202 Å². The molecule has 1 aliphatic heterocycles. The molecule has 2 aromatic carbocycles. The number of ether oxygens (including phenoxy) is 3. The first-order valence-electron chi connectivity index (χ1n) is 10.8. The summed E-state index contributed by atoms with van der Waals surface area (Å²) in [4.78, 5) is 18.0. The van der Waals surface area contributed by atoms with Gasteiger partial charge in [-0.25, -0.2) is 8.42 Å². The number of nitrogens with zero attached hydrogens (tertiary/aromatic N) is 3. The number of amides is 1. The minimum atomic E-state index is -3.54. The molecule has 9 nitrogen and oxygen atoms in total. The highest BCUT2D eigenvalue weighted by Crippen LogP contribution is 2.33. The van der Waals surface area contributed by atoms with E-state index in [1.165, 1.54) is 39.9 Å². The Morgan fingerprint density at radius 2 is 1.68 bits per heavy atom. The minimum Gasteiger partial charge on any atom is -0.493 e. The fraction of sp³-hybridized carbons (Fsp3) is 0.391. The predicted molar refractivity (Wildman–Crippen MR) is 129 cm³/mol. The third kappa shape index (κ3) is 4.74. The van der Waals surface area contributed by atoms with Crippen molar-refractivity contribution >= 4 is 37.5 Å². The minimum absolute atomic E-state index is 0.183. The zero-order valence-electron chi connectivity index (χ0n) is 19.3. The van der Waals surface area contributed by atoms with Crippen LogP contribution in [0.2, 0.25) is 0 Å². The molecule has 0 aliphatic carbocycles. The normalized spacial score (nSPS) is 15.2. The molecule has 1 aromatic heterocycles. The zero-order chi connectivity index (χ0) is 24.3. The van der Waals surface area contributed by atoms with Crippen LogP contribution in [0.1, 0.15) is 23.2 Å². The number of hydrogen-bond donors (Lipinski definition) is 0. The number of fused-ring (bicyclic) bond motifs is 1. The van der Waals surface area contributed by atoms with Gasteiger partial charge in [-0.15, -0.1) is 0 Å². The highest BCUT2D eigenvalue weighted by atomic mass is 32.2. The lowest BCUT2D eigenvalue weighted by Crippen LogP contribution is -2.27. The molecule has 4 rings (SSSR count). The lowest BCUT2D eigenvalue weighted by molar-refractivity contribution is 0.0997. The summed E-state index contributed by atoms with van der Waals surface area (Å²) in [6.45, 7) is 1.98. The molecule has 2 heterocycles. The first-order chi connectivity index (χ1) is 16.4. The lowest BCUT2D eigenvalue weighted by atomic mass is 10.2. The molecule has 34 heavy (non-hydrogen) atoms. The van der Waals surface area contributed by atoms with Crippen LogP contribution in [-0.4, -0.2) is 64.2 Å². The number of carbonyl (C=O) groups excluding carboxylic acids is 1. The molecule has 0 saturated carbocycles. The summed E-state index contributed by atoms with van der Waals surface area (Å²) in [7, 11) is 1.21. The number of carbonyl (C=O) groups is 1. The van der Waals surface area contributed by atoms with Crippen LogP contribution in [0.15, 0.2) is 46.3 Å². The van der Waals surface area contributed by atoms with Crippen LogP contribution >= 0.6 is 11.3 Å². The third-order valence-corrected chi connectivity index (χ3v) is 8.66. The summed E-state index contributed by atoms with van der Waals surface area (Å²) in [6, 6.07) is 9.65. The first-order valence-corrected chi connectivity index (χ1v) is 13.1. The maximum Gasteiger partial charge on any atom is 0.279 e. The molecule has 0 atom stereocenters. The summed E-state index contributed by atoms with van der Waals surface area (Å²) >= 11 is 1.35. The highest BCUT2D eigenvalue weighted by molar-refractivity contribution is 7.89. The van der Waals surface area contributed by atoms with Crippen molar-refractivity contribution in [3.05, 3.63) is 46.8 Å². The Morgan fingerprint density at radius 3 is 2.29 bits per heavy atom. The summed E-state index contributed by atoms with van der Waals surface area (Å²) in [5.41, 5.74) is 1.16. The molecule has 0 spiro atoms. The van der Waals surface area contributed by atoms with Gasteiger partial charge in [-0.1, -0.05) is 11.3 Å². The molecule has 1 aliphatic rings. The molecule has 0 bridgehead atoms. The smallest absolute Gasteiger partial charge is 0.279 e. The van der Waals surface area contributed by atoms with E-state index in [0.29, 0.717) is 48.1 Å². The van der Waals surface area contributed by atoms with E-state index < -0.39 is 15.9 Å². The summed E-state index contributed by atoms with van der Waals surface area (Å²) < 4.78 is 45.8. The van der Waals surface area contributed by atoms with Crippen molar-refractivity contribution in [2.24, 2.45) is 4.99 Å². The summed E-state index contributed by atoms with van der Waals surface area (Å²) in [5.74, 6) is 0.705. The standard InChI is InChI=1S/C23H27N3O6S2/c1-30-13-12-26-18-14-19(31-2)20(32-3)15-21(18)33-23(26)24-22(27)16-6-8-17(9-7-16)34(28,29)25-10-4-5-11-25/h6-9,14-15H,4-5,10-13H2,1-3H3. The van der Waals surface area contributed by atoms with Crippen molar-refractivity contribution in [3.8, 4) is 11.5 Å². The number of hydrogen-bond acceptors (Lipinski definition) is 7. The van der Waals surface area contributed by atoms with Crippen molar-refractivity contribution in [2.45, 2.75) is 24.3 Å². The first kappa shape index (κ1) is 24.4. The van der Waals surface area contributed by atoms with Crippen LogP contribution in [0.5, 0.6) is 11.5 Å². The topological polar surface area (TPSA) is 99.4 Å². The van der Waals surface area contributed by atoms with Crippen LogP contribution in [-0.2, 0) is 21.3 Å². The van der Waals surface area contributed by atoms with Gasteiger partial charge < -0.3 is 18.8 Å². The number of thiazole rings is 1. The van der Waals surface area contributed by atoms with E-state index in [2.05, 4.69) is 4.99 Å². The fourth-order valence-electron chi connectivity index (χ4n) is 3.88. The molecule has 1 fully saturated rings. The second kappa shape index (κ2) is 10.3. The van der Waals surface area contributed by atoms with Gasteiger partial charge in [0.2, 0.25) is 10.0 Å². The second-order valence-corrected chi connectivity index (χ2v) is 10.7. The van der Waals surface area contributed by atoms with E-state index in [-0.39, 0.29) is 4.90 Å². The van der Waals surface area contributed by atoms with Crippen LogP contribution in [0.25, 0.3) is 10.2 Å². The fourth-order valence-corrected chi connectivity index (χ4v) is 6.46. The van der Waals surface area contributed by atoms with Gasteiger partial charge in [0.05, 0.1) is 35.9 Å². The molecule has 182 valence electrons. The van der Waals surface area contributed by atoms with Gasteiger partial charge in [0.1, 0.15) is 0 Å². The van der Waals surface area contributed by atoms with E-state index in [1.807, 2.05) is 16.7 Å². The number of aromatic nitrogens is 1. The Morgan fingerprint density at radius 1 is 1.03 bits per heavy atom. The molecule has 0 radical (unpaired) electrons. The zero-order valence-corrected chi connectivity index (χ0v) is 20.9. The summed E-state index contributed by atoms with van der Waals surface area (Å²) in [5, 5.41) is 0. The van der Waals surface area contributed by atoms with Crippen LogP contribution in [0.4, 0.5) is 0 Å². The average molecular weight is 506 g/mol. The molecule has 0 N–H and O–H groups in total. The van der Waals surface area contributed by atoms with Crippen molar-refractivity contribution < 1.29 is 27.4 Å². The van der Waals surface area contributed by atoms with Gasteiger partial charge in [-0.3, -0.25) is 4.79 Å². The molecule has 1 saturated heterocycles. The molecule has 3 aromatic rings. The van der Waals surface area contributed by atoms with Crippen molar-refractivity contribution in [3.63, 3.8) is 0 Å². The highest BCUT2D eigenvalue weighted by Gasteiger charge is 2.27. The van der Waals surface area contributed by atoms with Crippen molar-refractivity contribution in [1.82, 2.24) is 8.87 Å². The maximum absolute atomic E-state index is 13.0. The third-order valence-electron chi connectivity index (χ3n) is 5.71. The average Bonchev–Trinajstić information content (AvgIpc) is 3.50. The van der Waals surface area contributed by atoms with E-state index in [4.69, 9.17) is 14.2 Å². The number of sulfonamides is 1. The number of benzene rings is 2. The Balaban J connectivity index is 1.70. The molecule has 11 heteroatoms. The second-order valence-electron chi connectivity index (χ2n) is 7.76. The Hall–Kier alpha value is -2.73. The van der Waals surface area contributed by atoms with Gasteiger partial charge in [0.25, 0.3) is 5.91 Å². The largest absolute Gasteiger partial charge is 0.493 e. The van der Waals surface area contributed by atoms with Crippen LogP contribution in [0, 0.1) is 0 Å².